The highest BCUT2D eigenvalue weighted by molar-refractivity contribution is 5.99. The lowest BCUT2D eigenvalue weighted by Crippen LogP contribution is -2.39. The van der Waals surface area contributed by atoms with Crippen LogP contribution in [-0.4, -0.2) is 12.3 Å². The smallest absolute Gasteiger partial charge is 0.182 e. The second-order valence-corrected chi connectivity index (χ2v) is 4.68. The van der Waals surface area contributed by atoms with E-state index < -0.39 is 0 Å². The summed E-state index contributed by atoms with van der Waals surface area (Å²) >= 11 is 0. The Morgan fingerprint density at radius 2 is 2.19 bits per heavy atom. The topological polar surface area (TPSA) is 37.6 Å². The Kier molecular flexibility index (Phi) is 2.95. The quantitative estimate of drug-likeness (QED) is 0.743. The van der Waals surface area contributed by atoms with Crippen LogP contribution in [0.3, 0.4) is 0 Å². The number of hydrogen-bond donors (Lipinski definition) is 2. The molecule has 0 bridgehead atoms. The van der Waals surface area contributed by atoms with Gasteiger partial charge in [0.15, 0.2) is 5.71 Å². The number of hydrogen-bond acceptors (Lipinski definition) is 1. The molecule has 86 valence electrons. The Labute approximate surface area is 95.4 Å². The minimum absolute atomic E-state index is 0.238. The zero-order valence-electron chi connectivity index (χ0n) is 9.81. The lowest BCUT2D eigenvalue weighted by molar-refractivity contribution is -0.113. The molecule has 3 heteroatoms. The van der Waals surface area contributed by atoms with E-state index in [0.717, 1.165) is 23.7 Å². The Morgan fingerprint density at radius 3 is 2.75 bits per heavy atom. The molecule has 3 N–H and O–H groups in total. The summed E-state index contributed by atoms with van der Waals surface area (Å²) in [6.45, 7) is 4.54. The number of aryl methyl sites for hydroxylation is 1. The molecule has 1 aliphatic carbocycles. The van der Waals surface area contributed by atoms with Crippen LogP contribution in [0.2, 0.25) is 0 Å². The van der Waals surface area contributed by atoms with Crippen LogP contribution in [0.4, 0.5) is 10.1 Å². The fourth-order valence-corrected chi connectivity index (χ4v) is 1.86. The zero-order chi connectivity index (χ0) is 11.7. The summed E-state index contributed by atoms with van der Waals surface area (Å²) in [5.41, 5.74) is 2.78. The highest BCUT2D eigenvalue weighted by atomic mass is 19.1. The van der Waals surface area contributed by atoms with Gasteiger partial charge in [-0.3, -0.25) is 5.41 Å². The Hall–Kier alpha value is -1.38. The second-order valence-electron chi connectivity index (χ2n) is 4.68. The summed E-state index contributed by atoms with van der Waals surface area (Å²) in [7, 11) is 0. The van der Waals surface area contributed by atoms with Crippen LogP contribution in [0.1, 0.15) is 30.9 Å². The Bertz CT molecular complexity index is 422. The molecule has 1 saturated carbocycles. The van der Waals surface area contributed by atoms with Crippen molar-refractivity contribution in [2.24, 2.45) is 5.92 Å². The summed E-state index contributed by atoms with van der Waals surface area (Å²) in [6.07, 6.45) is 2.56. The molecule has 16 heavy (non-hydrogen) atoms. The van der Waals surface area contributed by atoms with Gasteiger partial charge >= 0.3 is 0 Å². The van der Waals surface area contributed by atoms with Crippen molar-refractivity contribution in [2.75, 3.05) is 11.9 Å². The van der Waals surface area contributed by atoms with Gasteiger partial charge in [0.1, 0.15) is 5.82 Å². The lowest BCUT2D eigenvalue weighted by Gasteiger charge is -2.11. The molecule has 0 atom stereocenters. The van der Waals surface area contributed by atoms with Crippen LogP contribution in [0, 0.1) is 18.7 Å². The molecule has 1 fully saturated rings. The number of halogens is 1. The third-order valence-corrected chi connectivity index (χ3v) is 2.91. The molecule has 0 aromatic heterocycles. The summed E-state index contributed by atoms with van der Waals surface area (Å²) in [5.74, 6) is 0.521. The van der Waals surface area contributed by atoms with Gasteiger partial charge in [-0.2, -0.15) is 0 Å². The van der Waals surface area contributed by atoms with Crippen molar-refractivity contribution in [1.29, 1.82) is 0 Å². The van der Waals surface area contributed by atoms with Gasteiger partial charge in [-0.05, 0) is 43.4 Å². The number of anilines is 1. The molecule has 1 aliphatic rings. The number of benzene rings is 1. The van der Waals surface area contributed by atoms with Crippen molar-refractivity contribution < 1.29 is 9.80 Å². The Balaban J connectivity index is 2.27. The van der Waals surface area contributed by atoms with Crippen LogP contribution < -0.4 is 10.7 Å². The summed E-state index contributed by atoms with van der Waals surface area (Å²) in [4.78, 5) is 0. The molecule has 0 saturated heterocycles. The van der Waals surface area contributed by atoms with Gasteiger partial charge in [-0.1, -0.05) is 0 Å². The molecular formula is C13H18FN2+. The van der Waals surface area contributed by atoms with Crippen LogP contribution in [0.25, 0.3) is 0 Å². The maximum Gasteiger partial charge on any atom is 0.182 e. The molecule has 0 radical (unpaired) electrons. The van der Waals surface area contributed by atoms with Gasteiger partial charge in [-0.25, -0.2) is 4.39 Å². The average Bonchev–Trinajstić information content (AvgIpc) is 2.95. The van der Waals surface area contributed by atoms with Gasteiger partial charge in [0, 0.05) is 13.5 Å². The van der Waals surface area contributed by atoms with Gasteiger partial charge in [0.25, 0.3) is 0 Å². The maximum absolute atomic E-state index is 13.8. The van der Waals surface area contributed by atoms with Crippen molar-refractivity contribution in [3.05, 3.63) is 29.1 Å². The van der Waals surface area contributed by atoms with Crippen molar-refractivity contribution in [2.45, 2.75) is 26.7 Å². The predicted molar refractivity (Wildman–Crippen MR) is 64.1 cm³/mol. The molecular weight excluding hydrogens is 203 g/mol. The van der Waals surface area contributed by atoms with E-state index in [1.807, 2.05) is 13.0 Å². The van der Waals surface area contributed by atoms with Crippen LogP contribution in [-0.2, 0) is 0 Å². The second kappa shape index (κ2) is 4.24. The number of nitrogens with two attached hydrogens (primary N) is 1. The molecule has 0 aliphatic heterocycles. The monoisotopic (exact) mass is 221 g/mol. The predicted octanol–water partition coefficient (Wildman–Crippen LogP) is 1.52. The maximum atomic E-state index is 13.8. The fourth-order valence-electron chi connectivity index (χ4n) is 1.86. The van der Waals surface area contributed by atoms with Crippen LogP contribution in [0.15, 0.2) is 12.1 Å². The first-order valence-electron chi connectivity index (χ1n) is 5.71. The minimum Gasteiger partial charge on any atom is -0.384 e. The molecule has 0 heterocycles. The first-order valence-corrected chi connectivity index (χ1v) is 5.71. The normalized spacial score (nSPS) is 14.9. The number of nitrogens with one attached hydrogen (secondary N) is 1. The molecule has 0 unspecified atom stereocenters. The fraction of sp³-hybridized carbons (Fsp3) is 0.462. The van der Waals surface area contributed by atoms with Gasteiger partial charge in [0.05, 0.1) is 11.3 Å². The first kappa shape index (κ1) is 11.1. The molecule has 0 spiro atoms. The van der Waals surface area contributed by atoms with Crippen molar-refractivity contribution >= 4 is 11.4 Å². The van der Waals surface area contributed by atoms with Gasteiger partial charge in [-0.15, -0.1) is 0 Å². The van der Waals surface area contributed by atoms with Crippen LogP contribution in [0.5, 0.6) is 0 Å². The summed E-state index contributed by atoms with van der Waals surface area (Å²) in [6, 6.07) is 3.48. The van der Waals surface area contributed by atoms with E-state index in [1.54, 1.807) is 6.92 Å². The van der Waals surface area contributed by atoms with Gasteiger partial charge in [0.2, 0.25) is 0 Å². The Morgan fingerprint density at radius 1 is 1.50 bits per heavy atom. The van der Waals surface area contributed by atoms with Crippen molar-refractivity contribution in [1.82, 2.24) is 0 Å². The van der Waals surface area contributed by atoms with E-state index in [9.17, 15) is 4.39 Å². The van der Waals surface area contributed by atoms with E-state index in [2.05, 4.69) is 5.32 Å². The largest absolute Gasteiger partial charge is 0.384 e. The molecule has 0 amide bonds. The third kappa shape index (κ3) is 2.40. The number of rotatable bonds is 4. The van der Waals surface area contributed by atoms with Crippen LogP contribution >= 0.6 is 0 Å². The molecule has 2 nitrogen and oxygen atoms in total. The lowest BCUT2D eigenvalue weighted by atomic mass is 10.0. The molecule has 1 aromatic rings. The summed E-state index contributed by atoms with van der Waals surface area (Å²) in [5, 5.41) is 9.02. The van der Waals surface area contributed by atoms with E-state index >= 15 is 0 Å². The third-order valence-electron chi connectivity index (χ3n) is 2.91. The van der Waals surface area contributed by atoms with E-state index in [0.29, 0.717) is 11.3 Å². The standard InChI is InChI=1S/C13H17FN2/c1-8-5-11(14)13(9(2)15)12(6-8)16-7-10-3-4-10/h5-6,10,15-16H,3-4,7H2,1-2H3/p+1. The van der Waals surface area contributed by atoms with E-state index in [1.165, 1.54) is 18.9 Å². The summed E-state index contributed by atoms with van der Waals surface area (Å²) < 4.78 is 13.8. The van der Waals surface area contributed by atoms with E-state index in [4.69, 9.17) is 5.41 Å². The highest BCUT2D eigenvalue weighted by Crippen LogP contribution is 2.30. The SMILES string of the molecule is CC(=[NH2+])c1c(F)cc(C)cc1NCC1CC1. The van der Waals surface area contributed by atoms with Crippen molar-refractivity contribution in [3.63, 3.8) is 0 Å². The average molecular weight is 221 g/mol. The first-order chi connectivity index (χ1) is 7.58. The highest BCUT2D eigenvalue weighted by Gasteiger charge is 2.22. The van der Waals surface area contributed by atoms with Gasteiger partial charge < -0.3 is 5.32 Å². The van der Waals surface area contributed by atoms with Crippen molar-refractivity contribution in [3.8, 4) is 0 Å². The van der Waals surface area contributed by atoms with E-state index in [-0.39, 0.29) is 5.82 Å². The zero-order valence-corrected chi connectivity index (χ0v) is 9.81. The molecule has 1 aromatic carbocycles. The molecule has 2 rings (SSSR count). The minimum atomic E-state index is -0.238.